The molecule has 0 aromatic carbocycles. The Bertz CT molecular complexity index is 648. The first-order valence-electron chi connectivity index (χ1n) is 6.42. The maximum atomic E-state index is 5.33. The molecule has 1 unspecified atom stereocenters. The van der Waals surface area contributed by atoms with Crippen molar-refractivity contribution in [1.82, 2.24) is 19.7 Å². The molecule has 3 heterocycles. The fraction of sp³-hybridized carbons (Fsp3) is 0.214. The number of nitrogens with one attached hydrogen (secondary N) is 1. The SMILES string of the molecule is CC(Cc1ccco1)Nc1cncc(-n2cccn2)n1. The van der Waals surface area contributed by atoms with E-state index in [1.54, 1.807) is 29.5 Å². The molecule has 0 radical (unpaired) electrons. The molecule has 6 heteroatoms. The third-order valence-corrected chi connectivity index (χ3v) is 2.84. The van der Waals surface area contributed by atoms with Crippen LogP contribution in [-0.4, -0.2) is 25.8 Å². The van der Waals surface area contributed by atoms with Crippen molar-refractivity contribution in [2.45, 2.75) is 19.4 Å². The van der Waals surface area contributed by atoms with Crippen LogP contribution in [0.3, 0.4) is 0 Å². The predicted molar refractivity (Wildman–Crippen MR) is 74.7 cm³/mol. The smallest absolute Gasteiger partial charge is 0.173 e. The Balaban J connectivity index is 1.70. The lowest BCUT2D eigenvalue weighted by Crippen LogP contribution is -2.19. The molecular weight excluding hydrogens is 254 g/mol. The quantitative estimate of drug-likeness (QED) is 0.769. The molecule has 0 saturated heterocycles. The van der Waals surface area contributed by atoms with Gasteiger partial charge in [0.1, 0.15) is 11.6 Å². The maximum Gasteiger partial charge on any atom is 0.173 e. The minimum atomic E-state index is 0.198. The molecule has 1 N–H and O–H groups in total. The Morgan fingerprint density at radius 2 is 2.30 bits per heavy atom. The molecule has 0 saturated carbocycles. The van der Waals surface area contributed by atoms with E-state index in [0.29, 0.717) is 5.82 Å². The van der Waals surface area contributed by atoms with Gasteiger partial charge in [0.05, 0.1) is 18.7 Å². The maximum absolute atomic E-state index is 5.33. The number of aromatic nitrogens is 4. The molecule has 0 bridgehead atoms. The second kappa shape index (κ2) is 5.56. The van der Waals surface area contributed by atoms with Gasteiger partial charge < -0.3 is 9.73 Å². The Morgan fingerprint density at radius 3 is 3.05 bits per heavy atom. The number of anilines is 1. The van der Waals surface area contributed by atoms with Gasteiger partial charge in [-0.1, -0.05) is 0 Å². The first-order chi connectivity index (χ1) is 9.81. The van der Waals surface area contributed by atoms with Crippen molar-refractivity contribution in [3.8, 4) is 5.82 Å². The molecule has 3 aromatic heterocycles. The normalized spacial score (nSPS) is 12.2. The fourth-order valence-corrected chi connectivity index (χ4v) is 1.97. The number of hydrogen-bond acceptors (Lipinski definition) is 5. The molecule has 1 atom stereocenters. The van der Waals surface area contributed by atoms with E-state index in [9.17, 15) is 0 Å². The molecule has 3 rings (SSSR count). The van der Waals surface area contributed by atoms with Crippen molar-refractivity contribution in [3.05, 3.63) is 55.0 Å². The molecule has 20 heavy (non-hydrogen) atoms. The Hall–Kier alpha value is -2.63. The summed E-state index contributed by atoms with van der Waals surface area (Å²) in [7, 11) is 0. The zero-order chi connectivity index (χ0) is 13.8. The molecule has 0 aliphatic heterocycles. The fourth-order valence-electron chi connectivity index (χ4n) is 1.97. The predicted octanol–water partition coefficient (Wildman–Crippen LogP) is 2.30. The molecule has 0 aliphatic rings. The lowest BCUT2D eigenvalue weighted by atomic mass is 10.2. The summed E-state index contributed by atoms with van der Waals surface area (Å²) in [5.41, 5.74) is 0. The highest BCUT2D eigenvalue weighted by Gasteiger charge is 2.07. The van der Waals surface area contributed by atoms with Gasteiger partial charge in [0.15, 0.2) is 5.82 Å². The van der Waals surface area contributed by atoms with E-state index >= 15 is 0 Å². The van der Waals surface area contributed by atoms with Crippen molar-refractivity contribution in [2.24, 2.45) is 0 Å². The highest BCUT2D eigenvalue weighted by Crippen LogP contribution is 2.10. The average Bonchev–Trinajstić information content (AvgIpc) is 3.11. The topological polar surface area (TPSA) is 68.8 Å². The summed E-state index contributed by atoms with van der Waals surface area (Å²) < 4.78 is 7.01. The Labute approximate surface area is 116 Å². The zero-order valence-corrected chi connectivity index (χ0v) is 11.1. The van der Waals surface area contributed by atoms with E-state index in [2.05, 4.69) is 27.3 Å². The van der Waals surface area contributed by atoms with Crippen LogP contribution in [0.5, 0.6) is 0 Å². The summed E-state index contributed by atoms with van der Waals surface area (Å²) >= 11 is 0. The molecule has 0 spiro atoms. The van der Waals surface area contributed by atoms with Crippen LogP contribution in [0.15, 0.2) is 53.7 Å². The van der Waals surface area contributed by atoms with E-state index in [4.69, 9.17) is 4.42 Å². The van der Waals surface area contributed by atoms with E-state index < -0.39 is 0 Å². The third-order valence-electron chi connectivity index (χ3n) is 2.84. The number of nitrogens with zero attached hydrogens (tertiary/aromatic N) is 4. The summed E-state index contributed by atoms with van der Waals surface area (Å²) in [6.07, 6.45) is 9.39. The lowest BCUT2D eigenvalue weighted by Gasteiger charge is -2.13. The van der Waals surface area contributed by atoms with Crippen molar-refractivity contribution in [3.63, 3.8) is 0 Å². The average molecular weight is 269 g/mol. The van der Waals surface area contributed by atoms with Crippen LogP contribution in [0.2, 0.25) is 0 Å². The van der Waals surface area contributed by atoms with Gasteiger partial charge in [-0.25, -0.2) is 9.67 Å². The summed E-state index contributed by atoms with van der Waals surface area (Å²) in [6, 6.07) is 5.90. The first kappa shape index (κ1) is 12.4. The van der Waals surface area contributed by atoms with Gasteiger partial charge in [0.25, 0.3) is 0 Å². The van der Waals surface area contributed by atoms with E-state index in [1.807, 2.05) is 24.4 Å². The summed E-state index contributed by atoms with van der Waals surface area (Å²) in [6.45, 7) is 2.07. The van der Waals surface area contributed by atoms with Crippen molar-refractivity contribution in [2.75, 3.05) is 5.32 Å². The summed E-state index contributed by atoms with van der Waals surface area (Å²) in [5, 5.41) is 7.45. The molecule has 3 aromatic rings. The van der Waals surface area contributed by atoms with Crippen LogP contribution < -0.4 is 5.32 Å². The minimum absolute atomic E-state index is 0.198. The number of rotatable bonds is 5. The lowest BCUT2D eigenvalue weighted by molar-refractivity contribution is 0.497. The standard InChI is InChI=1S/C14H15N5O/c1-11(8-12-4-2-7-20-12)17-13-9-15-10-14(18-13)19-6-3-5-16-19/h2-7,9-11H,8H2,1H3,(H,17,18). The van der Waals surface area contributed by atoms with Crippen LogP contribution in [0.4, 0.5) is 5.82 Å². The van der Waals surface area contributed by atoms with Crippen LogP contribution in [-0.2, 0) is 6.42 Å². The first-order valence-corrected chi connectivity index (χ1v) is 6.42. The zero-order valence-electron chi connectivity index (χ0n) is 11.1. The second-order valence-electron chi connectivity index (χ2n) is 4.54. The van der Waals surface area contributed by atoms with Crippen molar-refractivity contribution in [1.29, 1.82) is 0 Å². The monoisotopic (exact) mass is 269 g/mol. The summed E-state index contributed by atoms with van der Waals surface area (Å²) in [4.78, 5) is 8.66. The van der Waals surface area contributed by atoms with Gasteiger partial charge in [0.2, 0.25) is 0 Å². The summed E-state index contributed by atoms with van der Waals surface area (Å²) in [5.74, 6) is 2.35. The van der Waals surface area contributed by atoms with Crippen LogP contribution in [0, 0.1) is 0 Å². The van der Waals surface area contributed by atoms with E-state index in [1.165, 1.54) is 0 Å². The van der Waals surface area contributed by atoms with E-state index in [0.717, 1.165) is 18.0 Å². The third kappa shape index (κ3) is 2.85. The van der Waals surface area contributed by atoms with Gasteiger partial charge >= 0.3 is 0 Å². The van der Waals surface area contributed by atoms with Gasteiger partial charge in [-0.3, -0.25) is 4.98 Å². The van der Waals surface area contributed by atoms with Crippen molar-refractivity contribution >= 4 is 5.82 Å². The van der Waals surface area contributed by atoms with Gasteiger partial charge in [-0.05, 0) is 25.1 Å². The molecular formula is C14H15N5O. The molecule has 0 aliphatic carbocycles. The molecule has 0 amide bonds. The molecule has 0 fully saturated rings. The highest BCUT2D eigenvalue weighted by molar-refractivity contribution is 5.36. The number of hydrogen-bond donors (Lipinski definition) is 1. The highest BCUT2D eigenvalue weighted by atomic mass is 16.3. The minimum Gasteiger partial charge on any atom is -0.469 e. The van der Waals surface area contributed by atoms with Gasteiger partial charge in [0, 0.05) is 24.9 Å². The van der Waals surface area contributed by atoms with Crippen molar-refractivity contribution < 1.29 is 4.42 Å². The Kier molecular flexibility index (Phi) is 3.45. The second-order valence-corrected chi connectivity index (χ2v) is 4.54. The van der Waals surface area contributed by atoms with Crippen LogP contribution >= 0.6 is 0 Å². The van der Waals surface area contributed by atoms with Gasteiger partial charge in [-0.15, -0.1) is 0 Å². The van der Waals surface area contributed by atoms with Crippen LogP contribution in [0.25, 0.3) is 5.82 Å². The van der Waals surface area contributed by atoms with Gasteiger partial charge in [-0.2, -0.15) is 5.10 Å². The Morgan fingerprint density at radius 1 is 1.35 bits per heavy atom. The molecule has 6 nitrogen and oxygen atoms in total. The van der Waals surface area contributed by atoms with Crippen LogP contribution in [0.1, 0.15) is 12.7 Å². The molecule has 102 valence electrons. The largest absolute Gasteiger partial charge is 0.469 e. The number of furan rings is 1. The van der Waals surface area contributed by atoms with E-state index in [-0.39, 0.29) is 6.04 Å².